The molecule has 1 heterocycles. The van der Waals surface area contributed by atoms with Gasteiger partial charge in [0.05, 0.1) is 7.11 Å². The number of Topliss-reactive ketones (excluding diaryl/α,β-unsaturated/α-hetero) is 1. The predicted molar refractivity (Wildman–Crippen MR) is 72.3 cm³/mol. The van der Waals surface area contributed by atoms with Crippen molar-refractivity contribution in [3.8, 4) is 17.2 Å². The van der Waals surface area contributed by atoms with E-state index in [4.69, 9.17) is 21.1 Å². The van der Waals surface area contributed by atoms with Crippen molar-refractivity contribution in [3.63, 3.8) is 0 Å². The molecular weight excluding hydrogens is 300 g/mol. The number of phenols is 1. The number of phenolic OH excluding ortho intramolecular Hbond substituents is 1. The van der Waals surface area contributed by atoms with Crippen molar-refractivity contribution in [2.75, 3.05) is 7.11 Å². The van der Waals surface area contributed by atoms with Crippen molar-refractivity contribution in [2.24, 2.45) is 0 Å². The van der Waals surface area contributed by atoms with Crippen molar-refractivity contribution in [2.45, 2.75) is 18.4 Å². The zero-order valence-electron chi connectivity index (χ0n) is 11.0. The quantitative estimate of drug-likeness (QED) is 0.825. The van der Waals surface area contributed by atoms with Gasteiger partial charge in [-0.1, -0.05) is 11.6 Å². The summed E-state index contributed by atoms with van der Waals surface area (Å²) >= 11 is 5.96. The number of hydrogen-bond acceptors (Lipinski definition) is 6. The third-order valence-corrected chi connectivity index (χ3v) is 4.06. The number of benzene rings is 1. The first-order valence-electron chi connectivity index (χ1n) is 6.18. The SMILES string of the molecule is COc1cc(O)c(Cl)c2c1C(=O)[C@@]1(CCC(=O)C=C1O)O2. The van der Waals surface area contributed by atoms with Gasteiger partial charge in [0.2, 0.25) is 11.4 Å². The predicted octanol–water partition coefficient (Wildman–Crippen LogP) is 2.17. The number of rotatable bonds is 1. The summed E-state index contributed by atoms with van der Waals surface area (Å²) in [6.45, 7) is 0. The number of ketones is 2. The van der Waals surface area contributed by atoms with Crippen LogP contribution in [0.3, 0.4) is 0 Å². The summed E-state index contributed by atoms with van der Waals surface area (Å²) in [6.07, 6.45) is 1.05. The van der Waals surface area contributed by atoms with E-state index < -0.39 is 17.1 Å². The highest BCUT2D eigenvalue weighted by molar-refractivity contribution is 6.35. The summed E-state index contributed by atoms with van der Waals surface area (Å²) in [5, 5.41) is 19.6. The number of aliphatic hydroxyl groups is 1. The number of methoxy groups -OCH3 is 1. The van der Waals surface area contributed by atoms with Crippen LogP contribution in [0.2, 0.25) is 5.02 Å². The van der Waals surface area contributed by atoms with E-state index in [-0.39, 0.29) is 46.5 Å². The lowest BCUT2D eigenvalue weighted by atomic mass is 9.83. The number of hydrogen-bond donors (Lipinski definition) is 2. The van der Waals surface area contributed by atoms with Crippen molar-refractivity contribution in [3.05, 3.63) is 28.5 Å². The molecule has 0 radical (unpaired) electrons. The van der Waals surface area contributed by atoms with Gasteiger partial charge in [0.25, 0.3) is 0 Å². The van der Waals surface area contributed by atoms with Crippen LogP contribution in [0.15, 0.2) is 17.9 Å². The van der Waals surface area contributed by atoms with Crippen LogP contribution in [-0.4, -0.2) is 34.5 Å². The number of ether oxygens (including phenoxy) is 2. The number of aromatic hydroxyl groups is 1. The van der Waals surface area contributed by atoms with Crippen LogP contribution in [0.25, 0.3) is 0 Å². The molecule has 0 saturated carbocycles. The molecule has 3 rings (SSSR count). The van der Waals surface area contributed by atoms with E-state index in [1.54, 1.807) is 0 Å². The number of aliphatic hydroxyl groups excluding tert-OH is 1. The standard InChI is InChI=1S/C14H11ClO6/c1-20-8-5-7(17)11(15)12-10(8)13(19)14(21-12)3-2-6(16)4-9(14)18/h4-5,17-18H,2-3H2,1H3/t14-/m0/s1. The molecular formula is C14H11ClO6. The maximum Gasteiger partial charge on any atom is 0.228 e. The largest absolute Gasteiger partial charge is 0.507 e. The second-order valence-electron chi connectivity index (χ2n) is 4.87. The van der Waals surface area contributed by atoms with E-state index in [1.165, 1.54) is 13.2 Å². The fourth-order valence-corrected chi connectivity index (χ4v) is 2.78. The van der Waals surface area contributed by atoms with Crippen LogP contribution in [0, 0.1) is 0 Å². The van der Waals surface area contributed by atoms with E-state index in [0.29, 0.717) is 0 Å². The van der Waals surface area contributed by atoms with Crippen molar-refractivity contribution in [1.29, 1.82) is 0 Å². The minimum Gasteiger partial charge on any atom is -0.507 e. The zero-order chi connectivity index (χ0) is 15.4. The highest BCUT2D eigenvalue weighted by Crippen LogP contribution is 2.52. The minimum absolute atomic E-state index is 0.00191. The molecule has 1 aliphatic carbocycles. The molecule has 1 atom stereocenters. The number of allylic oxidation sites excluding steroid dienone is 1. The molecule has 0 bridgehead atoms. The maximum atomic E-state index is 12.7. The maximum absolute atomic E-state index is 12.7. The first-order valence-corrected chi connectivity index (χ1v) is 6.55. The average Bonchev–Trinajstić information content (AvgIpc) is 2.74. The molecule has 2 N–H and O–H groups in total. The highest BCUT2D eigenvalue weighted by atomic mass is 35.5. The molecule has 6 nitrogen and oxygen atoms in total. The number of halogens is 1. The van der Waals surface area contributed by atoms with Crippen molar-refractivity contribution in [1.82, 2.24) is 0 Å². The van der Waals surface area contributed by atoms with Gasteiger partial charge in [0, 0.05) is 25.0 Å². The summed E-state index contributed by atoms with van der Waals surface area (Å²) in [7, 11) is 1.33. The van der Waals surface area contributed by atoms with E-state index in [1.807, 2.05) is 0 Å². The lowest BCUT2D eigenvalue weighted by Crippen LogP contribution is -2.45. The Labute approximate surface area is 124 Å². The Morgan fingerprint density at radius 3 is 2.71 bits per heavy atom. The van der Waals surface area contributed by atoms with Gasteiger partial charge in [-0.3, -0.25) is 9.59 Å². The fourth-order valence-electron chi connectivity index (χ4n) is 2.59. The van der Waals surface area contributed by atoms with Gasteiger partial charge >= 0.3 is 0 Å². The first-order chi connectivity index (χ1) is 9.90. The van der Waals surface area contributed by atoms with Crippen LogP contribution in [0.1, 0.15) is 23.2 Å². The Morgan fingerprint density at radius 1 is 1.38 bits per heavy atom. The molecule has 0 amide bonds. The number of carbonyl (C=O) groups is 2. The van der Waals surface area contributed by atoms with Crippen molar-refractivity contribution >= 4 is 23.2 Å². The fraction of sp³-hybridized carbons (Fsp3) is 0.286. The van der Waals surface area contributed by atoms with Crippen LogP contribution in [0.4, 0.5) is 0 Å². The molecule has 1 aromatic carbocycles. The van der Waals surface area contributed by atoms with Crippen LogP contribution >= 0.6 is 11.6 Å². The van der Waals surface area contributed by atoms with Crippen LogP contribution in [0.5, 0.6) is 17.2 Å². The minimum atomic E-state index is -1.67. The smallest absolute Gasteiger partial charge is 0.228 e. The Balaban J connectivity index is 2.22. The van der Waals surface area contributed by atoms with Gasteiger partial charge in [-0.15, -0.1) is 0 Å². The number of fused-ring (bicyclic) bond motifs is 1. The molecule has 1 spiro atoms. The molecule has 110 valence electrons. The molecule has 2 aliphatic rings. The van der Waals surface area contributed by atoms with Crippen LogP contribution in [-0.2, 0) is 4.79 Å². The van der Waals surface area contributed by atoms with E-state index in [9.17, 15) is 19.8 Å². The molecule has 7 heteroatoms. The summed E-state index contributed by atoms with van der Waals surface area (Å²) in [5.74, 6) is -1.54. The monoisotopic (exact) mass is 310 g/mol. The Bertz CT molecular complexity index is 708. The Hall–Kier alpha value is -2.21. The average molecular weight is 311 g/mol. The van der Waals surface area contributed by atoms with E-state index in [2.05, 4.69) is 0 Å². The van der Waals surface area contributed by atoms with E-state index in [0.717, 1.165) is 6.08 Å². The summed E-state index contributed by atoms with van der Waals surface area (Å²) < 4.78 is 10.6. The third kappa shape index (κ3) is 1.72. The molecule has 0 aromatic heterocycles. The Morgan fingerprint density at radius 2 is 2.10 bits per heavy atom. The first kappa shape index (κ1) is 13.8. The third-order valence-electron chi connectivity index (χ3n) is 3.69. The normalized spacial score (nSPS) is 23.8. The Kier molecular flexibility index (Phi) is 2.88. The van der Waals surface area contributed by atoms with Gasteiger partial charge in [-0.2, -0.15) is 0 Å². The lowest BCUT2D eigenvalue weighted by molar-refractivity contribution is -0.116. The molecule has 1 aliphatic heterocycles. The molecule has 0 unspecified atom stereocenters. The van der Waals surface area contributed by atoms with Gasteiger partial charge in [-0.25, -0.2) is 0 Å². The lowest BCUT2D eigenvalue weighted by Gasteiger charge is -2.28. The molecule has 21 heavy (non-hydrogen) atoms. The van der Waals surface area contributed by atoms with Gasteiger partial charge < -0.3 is 19.7 Å². The van der Waals surface area contributed by atoms with Crippen molar-refractivity contribution < 1.29 is 29.3 Å². The summed E-state index contributed by atoms with van der Waals surface area (Å²) in [4.78, 5) is 24.0. The van der Waals surface area contributed by atoms with Crippen LogP contribution < -0.4 is 9.47 Å². The molecule has 0 fully saturated rings. The second-order valence-corrected chi connectivity index (χ2v) is 5.25. The second kappa shape index (κ2) is 4.39. The van der Waals surface area contributed by atoms with E-state index >= 15 is 0 Å². The molecule has 1 aromatic rings. The summed E-state index contributed by atoms with van der Waals surface area (Å²) in [5.41, 5.74) is -1.62. The molecule has 0 saturated heterocycles. The van der Waals surface area contributed by atoms with Gasteiger partial charge in [0.15, 0.2) is 11.5 Å². The topological polar surface area (TPSA) is 93.1 Å². The van der Waals surface area contributed by atoms with Gasteiger partial charge in [0.1, 0.15) is 27.8 Å². The summed E-state index contributed by atoms with van der Waals surface area (Å²) in [6, 6.07) is 1.20. The zero-order valence-corrected chi connectivity index (χ0v) is 11.7. The number of carbonyl (C=O) groups excluding carboxylic acids is 2. The highest BCUT2D eigenvalue weighted by Gasteiger charge is 2.55. The van der Waals surface area contributed by atoms with Gasteiger partial charge in [-0.05, 0) is 0 Å².